The Hall–Kier alpha value is -2.44. The number of carbonyl (C=O) groups excluding carboxylic acids is 1. The van der Waals surface area contributed by atoms with E-state index in [0.717, 1.165) is 48.0 Å². The number of halogens is 2. The van der Waals surface area contributed by atoms with Crippen molar-refractivity contribution in [3.63, 3.8) is 0 Å². The highest BCUT2D eigenvalue weighted by atomic mass is 35.5. The highest BCUT2D eigenvalue weighted by Gasteiger charge is 2.24. The van der Waals surface area contributed by atoms with Crippen molar-refractivity contribution in [1.29, 1.82) is 0 Å². The first-order valence-electron chi connectivity index (χ1n) is 8.83. The Morgan fingerprint density at radius 2 is 1.93 bits per heavy atom. The lowest BCUT2D eigenvalue weighted by Crippen LogP contribution is -2.36. The molecule has 1 amide bonds. The molecule has 4 rings (SSSR count). The van der Waals surface area contributed by atoms with Crippen LogP contribution in [-0.4, -0.2) is 41.1 Å². The van der Waals surface area contributed by atoms with Gasteiger partial charge in [0.2, 0.25) is 5.91 Å². The summed E-state index contributed by atoms with van der Waals surface area (Å²) in [5.74, 6) is 0.291. The van der Waals surface area contributed by atoms with Gasteiger partial charge in [-0.15, -0.1) is 12.4 Å². The van der Waals surface area contributed by atoms with Crippen molar-refractivity contribution in [3.8, 4) is 11.1 Å². The van der Waals surface area contributed by atoms with Crippen molar-refractivity contribution < 1.29 is 9.18 Å². The number of aromatic nitrogens is 2. The first-order valence-corrected chi connectivity index (χ1v) is 8.83. The van der Waals surface area contributed by atoms with Gasteiger partial charge in [0.1, 0.15) is 5.82 Å². The largest absolute Gasteiger partial charge is 0.308 e. The molecule has 1 aromatic heterocycles. The van der Waals surface area contributed by atoms with Crippen LogP contribution in [-0.2, 0) is 4.79 Å². The lowest BCUT2D eigenvalue weighted by molar-refractivity contribution is -0.121. The van der Waals surface area contributed by atoms with Crippen molar-refractivity contribution in [2.24, 2.45) is 5.92 Å². The maximum Gasteiger partial charge on any atom is 0.228 e. The quantitative estimate of drug-likeness (QED) is 0.711. The van der Waals surface area contributed by atoms with E-state index in [2.05, 4.69) is 27.5 Å². The van der Waals surface area contributed by atoms with Gasteiger partial charge in [-0.3, -0.25) is 9.89 Å². The normalized spacial score (nSPS) is 15.5. The molecular weight excluding hydrogens is 367 g/mol. The van der Waals surface area contributed by atoms with Crippen molar-refractivity contribution >= 4 is 35.0 Å². The third-order valence-electron chi connectivity index (χ3n) is 5.05. The average Bonchev–Trinajstić information content (AvgIpc) is 3.04. The number of rotatable bonds is 3. The van der Waals surface area contributed by atoms with E-state index in [1.807, 2.05) is 24.3 Å². The fourth-order valence-electron chi connectivity index (χ4n) is 3.45. The molecule has 0 spiro atoms. The zero-order valence-corrected chi connectivity index (χ0v) is 15.9. The number of likely N-dealkylation sites (tertiary alicyclic amines) is 1. The molecule has 1 saturated heterocycles. The SMILES string of the molecule is CN1CCC(C(=O)Nc2n[nH]c3ccc(-c4cccc(F)c4)cc23)CC1.Cl. The molecule has 2 N–H and O–H groups in total. The number of anilines is 1. The van der Waals surface area contributed by atoms with Crippen LogP contribution in [0, 0.1) is 11.7 Å². The fourth-order valence-corrected chi connectivity index (χ4v) is 3.45. The zero-order valence-electron chi connectivity index (χ0n) is 15.0. The second-order valence-electron chi connectivity index (χ2n) is 6.91. The van der Waals surface area contributed by atoms with Crippen molar-refractivity contribution in [3.05, 3.63) is 48.3 Å². The Labute approximate surface area is 163 Å². The van der Waals surface area contributed by atoms with E-state index in [9.17, 15) is 9.18 Å². The number of carbonyl (C=O) groups is 1. The average molecular weight is 389 g/mol. The highest BCUT2D eigenvalue weighted by molar-refractivity contribution is 6.01. The van der Waals surface area contributed by atoms with Gasteiger partial charge in [-0.1, -0.05) is 18.2 Å². The van der Waals surface area contributed by atoms with Crippen LogP contribution in [0.1, 0.15) is 12.8 Å². The van der Waals surface area contributed by atoms with Crippen LogP contribution in [0.3, 0.4) is 0 Å². The Morgan fingerprint density at radius 1 is 1.19 bits per heavy atom. The number of H-pyrrole nitrogens is 1. The molecule has 1 aliphatic heterocycles. The maximum absolute atomic E-state index is 13.5. The number of aromatic amines is 1. The van der Waals surface area contributed by atoms with E-state index in [-0.39, 0.29) is 30.0 Å². The second kappa shape index (κ2) is 8.06. The molecule has 142 valence electrons. The third kappa shape index (κ3) is 4.12. The molecule has 0 saturated carbocycles. The molecule has 0 radical (unpaired) electrons. The van der Waals surface area contributed by atoms with E-state index in [1.165, 1.54) is 12.1 Å². The van der Waals surface area contributed by atoms with Gasteiger partial charge < -0.3 is 10.2 Å². The van der Waals surface area contributed by atoms with Crippen LogP contribution in [0.2, 0.25) is 0 Å². The predicted molar refractivity (Wildman–Crippen MR) is 108 cm³/mol. The molecule has 27 heavy (non-hydrogen) atoms. The minimum atomic E-state index is -0.273. The van der Waals surface area contributed by atoms with E-state index in [0.29, 0.717) is 5.82 Å². The first kappa shape index (κ1) is 19.3. The molecule has 0 unspecified atom stereocenters. The summed E-state index contributed by atoms with van der Waals surface area (Å²) in [6.07, 6.45) is 1.72. The summed E-state index contributed by atoms with van der Waals surface area (Å²) in [7, 11) is 2.07. The van der Waals surface area contributed by atoms with E-state index in [1.54, 1.807) is 6.07 Å². The van der Waals surface area contributed by atoms with Crippen LogP contribution in [0.15, 0.2) is 42.5 Å². The zero-order chi connectivity index (χ0) is 18.1. The molecule has 2 heterocycles. The molecule has 7 heteroatoms. The van der Waals surface area contributed by atoms with Crippen LogP contribution in [0.5, 0.6) is 0 Å². The number of nitrogens with zero attached hydrogens (tertiary/aromatic N) is 2. The highest BCUT2D eigenvalue weighted by Crippen LogP contribution is 2.28. The van der Waals surface area contributed by atoms with Gasteiger partial charge >= 0.3 is 0 Å². The lowest BCUT2D eigenvalue weighted by atomic mass is 9.96. The van der Waals surface area contributed by atoms with E-state index in [4.69, 9.17) is 0 Å². The summed E-state index contributed by atoms with van der Waals surface area (Å²) in [4.78, 5) is 14.8. The smallest absolute Gasteiger partial charge is 0.228 e. The van der Waals surface area contributed by atoms with Crippen LogP contribution in [0.4, 0.5) is 10.2 Å². The summed E-state index contributed by atoms with van der Waals surface area (Å²) in [5.41, 5.74) is 2.51. The fraction of sp³-hybridized carbons (Fsp3) is 0.300. The molecule has 2 aromatic carbocycles. The number of benzene rings is 2. The summed E-state index contributed by atoms with van der Waals surface area (Å²) in [6.45, 7) is 1.87. The van der Waals surface area contributed by atoms with Gasteiger partial charge in [-0.2, -0.15) is 5.10 Å². The standard InChI is InChI=1S/C20H21FN4O.ClH/c1-25-9-7-13(8-10-25)20(26)22-19-17-12-15(5-6-18(17)23-24-19)14-3-2-4-16(21)11-14;/h2-6,11-13H,7-10H2,1H3,(H2,22,23,24,26);1H. The summed E-state index contributed by atoms with van der Waals surface area (Å²) in [6, 6.07) is 12.2. The monoisotopic (exact) mass is 388 g/mol. The number of piperidine rings is 1. The van der Waals surface area contributed by atoms with E-state index >= 15 is 0 Å². The third-order valence-corrected chi connectivity index (χ3v) is 5.05. The Kier molecular flexibility index (Phi) is 5.77. The van der Waals surface area contributed by atoms with Gasteiger partial charge in [-0.05, 0) is 68.4 Å². The second-order valence-corrected chi connectivity index (χ2v) is 6.91. The molecule has 0 atom stereocenters. The topological polar surface area (TPSA) is 61.0 Å². The summed E-state index contributed by atoms with van der Waals surface area (Å²) >= 11 is 0. The minimum Gasteiger partial charge on any atom is -0.308 e. The molecule has 1 fully saturated rings. The number of hydrogen-bond donors (Lipinski definition) is 2. The molecule has 1 aliphatic rings. The number of amides is 1. The van der Waals surface area contributed by atoms with Crippen LogP contribution >= 0.6 is 12.4 Å². The number of hydrogen-bond acceptors (Lipinski definition) is 3. The van der Waals surface area contributed by atoms with Crippen LogP contribution in [0.25, 0.3) is 22.0 Å². The van der Waals surface area contributed by atoms with Crippen LogP contribution < -0.4 is 5.32 Å². The van der Waals surface area contributed by atoms with Gasteiger partial charge in [-0.25, -0.2) is 4.39 Å². The molecule has 5 nitrogen and oxygen atoms in total. The maximum atomic E-state index is 13.5. The Morgan fingerprint density at radius 3 is 2.67 bits per heavy atom. The summed E-state index contributed by atoms with van der Waals surface area (Å²) in [5, 5.41) is 11.0. The molecule has 0 bridgehead atoms. The summed E-state index contributed by atoms with van der Waals surface area (Å²) < 4.78 is 13.5. The number of nitrogens with one attached hydrogen (secondary N) is 2. The van der Waals surface area contributed by atoms with Crippen molar-refractivity contribution in [1.82, 2.24) is 15.1 Å². The predicted octanol–water partition coefficient (Wildman–Crippen LogP) is 4.07. The van der Waals surface area contributed by atoms with E-state index < -0.39 is 0 Å². The van der Waals surface area contributed by atoms with Crippen molar-refractivity contribution in [2.45, 2.75) is 12.8 Å². The Balaban J connectivity index is 0.00000210. The van der Waals surface area contributed by atoms with Gasteiger partial charge in [0, 0.05) is 11.3 Å². The lowest BCUT2D eigenvalue weighted by Gasteiger charge is -2.27. The van der Waals surface area contributed by atoms with Gasteiger partial charge in [0.05, 0.1) is 5.52 Å². The molecule has 0 aliphatic carbocycles. The number of fused-ring (bicyclic) bond motifs is 1. The minimum absolute atomic E-state index is 0. The van der Waals surface area contributed by atoms with Crippen molar-refractivity contribution in [2.75, 3.05) is 25.5 Å². The molecular formula is C20H22ClFN4O. The van der Waals surface area contributed by atoms with Gasteiger partial charge in [0.25, 0.3) is 0 Å². The Bertz CT molecular complexity index is 950. The van der Waals surface area contributed by atoms with Gasteiger partial charge in [0.15, 0.2) is 5.82 Å². The molecule has 3 aromatic rings. The first-order chi connectivity index (χ1) is 12.6.